The van der Waals surface area contributed by atoms with E-state index in [0.29, 0.717) is 63.5 Å². The van der Waals surface area contributed by atoms with Crippen LogP contribution < -0.4 is 9.47 Å². The van der Waals surface area contributed by atoms with Crippen LogP contribution in [-0.2, 0) is 76.4 Å². The van der Waals surface area contributed by atoms with Crippen LogP contribution in [0.15, 0.2) is 147 Å². The van der Waals surface area contributed by atoms with E-state index < -0.39 is 43.6 Å². The van der Waals surface area contributed by atoms with Crippen molar-refractivity contribution in [1.82, 2.24) is 0 Å². The third-order valence-electron chi connectivity index (χ3n) is 13.4. The summed E-state index contributed by atoms with van der Waals surface area (Å²) in [6.45, 7) is 28.9. The van der Waals surface area contributed by atoms with Gasteiger partial charge in [-0.25, -0.2) is 0 Å². The Hall–Kier alpha value is -4.16. The molecule has 5 rings (SSSR count). The number of ether oxygens (including phenoxy) is 2. The van der Waals surface area contributed by atoms with E-state index in [1.807, 2.05) is 134 Å². The molecule has 90 heavy (non-hydrogen) atoms. The summed E-state index contributed by atoms with van der Waals surface area (Å²) >= 11 is 11.5. The molecule has 0 aliphatic heterocycles. The molecule has 0 bridgehead atoms. The van der Waals surface area contributed by atoms with Gasteiger partial charge in [-0.15, -0.1) is 0 Å². The van der Waals surface area contributed by atoms with Crippen LogP contribution in [0.3, 0.4) is 0 Å². The van der Waals surface area contributed by atoms with E-state index in [4.69, 9.17) is 75.9 Å². The second-order valence-corrected chi connectivity index (χ2v) is 35.2. The number of aromatic hydroxyl groups is 3. The maximum Gasteiger partial charge on any atom is 0.500 e. The van der Waals surface area contributed by atoms with Crippen LogP contribution in [0, 0.1) is 0 Å². The number of rotatable bonds is 43. The summed E-state index contributed by atoms with van der Waals surface area (Å²) in [7, 11) is -6.00. The number of benzene rings is 5. The van der Waals surface area contributed by atoms with Gasteiger partial charge >= 0.3 is 36.2 Å². The first-order valence-electron chi connectivity index (χ1n) is 32.0. The third-order valence-corrected chi connectivity index (χ3v) is 26.0. The zero-order valence-corrected chi connectivity index (χ0v) is 62.8. The summed E-state index contributed by atoms with van der Waals surface area (Å²) in [5, 5.41) is 28.6. The molecule has 22 heteroatoms. The summed E-state index contributed by atoms with van der Waals surface area (Å²) in [4.78, 5) is 0. The average molecular weight is 1380 g/mol. The van der Waals surface area contributed by atoms with Crippen molar-refractivity contribution in [3.63, 3.8) is 0 Å². The van der Waals surface area contributed by atoms with Crippen LogP contribution in [0.25, 0.3) is 0 Å². The molecule has 0 saturated carbocycles. The molecule has 0 spiro atoms. The van der Waals surface area contributed by atoms with Crippen LogP contribution >= 0.6 is 22.2 Å². The van der Waals surface area contributed by atoms with E-state index in [1.54, 1.807) is 38.5 Å². The van der Waals surface area contributed by atoms with Gasteiger partial charge in [0.25, 0.3) is 0 Å². The Kier molecular flexibility index (Phi) is 50.6. The van der Waals surface area contributed by atoms with Gasteiger partial charge in [-0.3, -0.25) is 0 Å². The summed E-state index contributed by atoms with van der Waals surface area (Å²) in [6, 6.07) is 43.1. The predicted octanol–water partition coefficient (Wildman–Crippen LogP) is 15.9. The first-order valence-corrected chi connectivity index (χ1v) is 43.7. The van der Waals surface area contributed by atoms with Crippen molar-refractivity contribution in [2.75, 3.05) is 73.7 Å². The largest absolute Gasteiger partial charge is 0.508 e. The van der Waals surface area contributed by atoms with Crippen molar-refractivity contribution in [2.45, 2.75) is 150 Å². The van der Waals surface area contributed by atoms with Gasteiger partial charge in [-0.1, -0.05) is 98.1 Å². The van der Waals surface area contributed by atoms with Crippen molar-refractivity contribution in [2.24, 2.45) is 0 Å². The Bertz CT molecular complexity index is 2480. The van der Waals surface area contributed by atoms with Gasteiger partial charge in [0.2, 0.25) is 7.42 Å². The third kappa shape index (κ3) is 38.8. The lowest BCUT2D eigenvalue weighted by Crippen LogP contribution is -2.46. The molecule has 0 aliphatic rings. The standard InChI is InChI=1S/C18H30O4Si.C17H28O4Si.C13H22O3Si.C11H18O3Si.C9H12Cl2OSi/c1-5-15-19-18-13-11-17(12-14-18)10-9-16-23(20-6-2,21-7-3)22-8-4;1-5-18-17-13-11-16(12-14-17)10-9-15-22(19-6-2,20-7-3)21-8-4;1-3-15-17(16-4-2)11-7-9-12-8-5-6-10-13(12)14;1-13-15(14-2)9-5-7-10-6-3-4-8-11(10)12;10-13(11)7-3-5-8-4-1-2-6-9(8)12/h5,11-14H,1,6-10,15-16H2,2-4H3;5,11-14H,1,6-10,15H2,2-4H3;5-6,8,10,14,17H,3-4,7,9,11H2,1-2H3;3-4,6,8,12,15H,5,7,9H2,1-2H3;1-2,4,6,12-13H,3,5,7H2. The first-order chi connectivity index (χ1) is 43.6. The molecule has 0 aliphatic carbocycles. The maximum atomic E-state index is 9.63. The number of halogens is 2. The minimum Gasteiger partial charge on any atom is -0.508 e. The summed E-state index contributed by atoms with van der Waals surface area (Å²) < 4.78 is 67.6. The Morgan fingerprint density at radius 2 is 0.767 bits per heavy atom. The SMILES string of the molecule is C=CCOc1ccc(CCC[Si](OCC)(OCC)OCC)cc1.C=COc1ccc(CCC[Si](OCC)(OCC)OCC)cc1.CCO[SiH](CCCc1ccccc1O)OCC.CO[SiH](CCCc1ccccc1O)OC.Oc1ccccc1CCC[SiH](Cl)Cl. The lowest BCUT2D eigenvalue weighted by Gasteiger charge is -2.28. The van der Waals surface area contributed by atoms with Gasteiger partial charge in [0.1, 0.15) is 35.4 Å². The maximum absolute atomic E-state index is 9.63. The molecule has 5 aromatic rings. The van der Waals surface area contributed by atoms with Crippen molar-refractivity contribution >= 4 is 65.8 Å². The van der Waals surface area contributed by atoms with E-state index in [2.05, 4.69) is 37.4 Å². The van der Waals surface area contributed by atoms with Crippen LogP contribution in [-0.4, -0.2) is 133 Å². The minimum absolute atomic E-state index is 0.366. The van der Waals surface area contributed by atoms with Crippen LogP contribution in [0.1, 0.15) is 115 Å². The molecule has 5 aromatic carbocycles. The zero-order chi connectivity index (χ0) is 66.5. The van der Waals surface area contributed by atoms with Crippen molar-refractivity contribution < 1.29 is 69.1 Å². The molecule has 0 fully saturated rings. The molecule has 0 aromatic heterocycles. The number of hydrogen-bond acceptors (Lipinski definition) is 15. The topological polar surface area (TPSA) is 171 Å². The fourth-order valence-electron chi connectivity index (χ4n) is 9.21. The summed E-state index contributed by atoms with van der Waals surface area (Å²) in [5.74, 6) is 2.81. The Balaban J connectivity index is 0.000000571. The fourth-order valence-corrected chi connectivity index (χ4v) is 18.8. The molecule has 3 N–H and O–H groups in total. The normalized spacial score (nSPS) is 11.1. The van der Waals surface area contributed by atoms with Crippen molar-refractivity contribution in [3.05, 3.63) is 175 Å². The van der Waals surface area contributed by atoms with Crippen LogP contribution in [0.4, 0.5) is 0 Å². The molecular formula is C68H110Cl2O15Si5. The lowest BCUT2D eigenvalue weighted by molar-refractivity contribution is 0.0700. The zero-order valence-electron chi connectivity index (χ0n) is 55.8. The van der Waals surface area contributed by atoms with E-state index in [1.165, 1.54) is 17.4 Å². The van der Waals surface area contributed by atoms with Gasteiger partial charge in [0, 0.05) is 79.2 Å². The van der Waals surface area contributed by atoms with Gasteiger partial charge in [0.15, 0.2) is 0 Å². The number of hydrogen-bond donors (Lipinski definition) is 3. The van der Waals surface area contributed by atoms with E-state index in [-0.39, 0.29) is 0 Å². The lowest BCUT2D eigenvalue weighted by atomic mass is 10.1. The van der Waals surface area contributed by atoms with Gasteiger partial charge in [0.05, 0.1) is 6.26 Å². The Morgan fingerprint density at radius 1 is 0.422 bits per heavy atom. The number of phenolic OH excluding ortho intramolecular Hbond substituents is 3. The van der Waals surface area contributed by atoms with Gasteiger partial charge in [-0.2, -0.15) is 22.2 Å². The second kappa shape index (κ2) is 54.3. The Morgan fingerprint density at radius 3 is 1.08 bits per heavy atom. The van der Waals surface area contributed by atoms with Crippen LogP contribution in [0.2, 0.25) is 30.2 Å². The van der Waals surface area contributed by atoms with Crippen molar-refractivity contribution in [3.8, 4) is 28.7 Å². The van der Waals surface area contributed by atoms with E-state index in [0.717, 1.165) is 136 Å². The highest BCUT2D eigenvalue weighted by Crippen LogP contribution is 2.25. The molecule has 0 heterocycles. The molecule has 15 nitrogen and oxygen atoms in total. The number of phenols is 3. The quantitative estimate of drug-likeness (QED) is 0.0146. The summed E-state index contributed by atoms with van der Waals surface area (Å²) in [5.41, 5.74) is 5.53. The van der Waals surface area contributed by atoms with E-state index >= 15 is 0 Å². The fraction of sp³-hybridized carbons (Fsp3) is 0.500. The Labute approximate surface area is 558 Å². The number of aryl methyl sites for hydroxylation is 5. The van der Waals surface area contributed by atoms with Gasteiger partial charge in [-0.05, 0) is 208 Å². The average Bonchev–Trinajstić information content (AvgIpc) is 2.59. The molecule has 0 atom stereocenters. The van der Waals surface area contributed by atoms with Crippen molar-refractivity contribution in [1.29, 1.82) is 0 Å². The smallest absolute Gasteiger partial charge is 0.500 e. The molecule has 0 radical (unpaired) electrons. The highest BCUT2D eigenvalue weighted by molar-refractivity contribution is 7.33. The van der Waals surface area contributed by atoms with Gasteiger partial charge < -0.3 is 69.1 Å². The molecule has 0 unspecified atom stereocenters. The first kappa shape index (κ1) is 83.9. The minimum atomic E-state index is -2.51. The van der Waals surface area contributed by atoms with E-state index in [9.17, 15) is 15.3 Å². The second-order valence-electron chi connectivity index (χ2n) is 20.0. The highest BCUT2D eigenvalue weighted by atomic mass is 35.7. The monoisotopic (exact) mass is 1380 g/mol. The predicted molar refractivity (Wildman–Crippen MR) is 381 cm³/mol. The molecule has 506 valence electrons. The summed E-state index contributed by atoms with van der Waals surface area (Å²) in [6.07, 6.45) is 12.7. The molecule has 0 amide bonds. The molecule has 0 saturated heterocycles. The highest BCUT2D eigenvalue weighted by Gasteiger charge is 2.40. The molecular weight excluding hydrogens is 1270 g/mol. The van der Waals surface area contributed by atoms with Crippen LogP contribution in [0.5, 0.6) is 28.7 Å². The number of para-hydroxylation sites is 3.